The minimum Gasteiger partial charge on any atom is -0.294 e. The van der Waals surface area contributed by atoms with Crippen molar-refractivity contribution in [1.29, 1.82) is 0 Å². The highest BCUT2D eigenvalue weighted by Crippen LogP contribution is 2.21. The number of carbonyl (C=O) groups excluding carboxylic acids is 1. The quantitative estimate of drug-likeness (QED) is 0.576. The van der Waals surface area contributed by atoms with E-state index in [1.54, 1.807) is 0 Å². The smallest absolute Gasteiger partial charge is 0.163 e. The summed E-state index contributed by atoms with van der Waals surface area (Å²) in [6, 6.07) is 5.57. The van der Waals surface area contributed by atoms with Crippen LogP contribution >= 0.6 is 47.8 Å². The number of benzene rings is 1. The van der Waals surface area contributed by atoms with Gasteiger partial charge in [-0.15, -0.1) is 0 Å². The highest BCUT2D eigenvalue weighted by molar-refractivity contribution is 9.11. The summed E-state index contributed by atoms with van der Waals surface area (Å²) in [5.41, 5.74) is 0.737. The first kappa shape index (κ1) is 11.4. The Balaban J connectivity index is 2.94. The fourth-order valence-electron chi connectivity index (χ4n) is 0.945. The number of halogens is 3. The van der Waals surface area contributed by atoms with E-state index in [0.717, 1.165) is 14.5 Å². The molecule has 4 heteroatoms. The van der Waals surface area contributed by atoms with Crippen LogP contribution in [0.5, 0.6) is 0 Å². The van der Waals surface area contributed by atoms with Gasteiger partial charge in [0.2, 0.25) is 0 Å². The highest BCUT2D eigenvalue weighted by atomic mass is 79.9. The average Bonchev–Trinajstić information content (AvgIpc) is 2.03. The third-order valence-electron chi connectivity index (χ3n) is 1.51. The molecule has 70 valence electrons. The van der Waals surface area contributed by atoms with Crippen LogP contribution in [0.4, 0.5) is 0 Å². The average molecular weight is 371 g/mol. The van der Waals surface area contributed by atoms with Crippen molar-refractivity contribution in [1.82, 2.24) is 0 Å². The van der Waals surface area contributed by atoms with Crippen LogP contribution in [0.1, 0.15) is 16.8 Å². The second-order valence-corrected chi connectivity index (χ2v) is 5.14. The van der Waals surface area contributed by atoms with E-state index in [4.69, 9.17) is 0 Å². The molecule has 0 aliphatic rings. The van der Waals surface area contributed by atoms with Crippen LogP contribution in [0.25, 0.3) is 0 Å². The molecule has 0 N–H and O–H groups in total. The number of alkyl halides is 1. The molecule has 0 amide bonds. The second-order valence-electron chi connectivity index (χ2n) is 2.52. The summed E-state index contributed by atoms with van der Waals surface area (Å²) >= 11 is 9.92. The largest absolute Gasteiger partial charge is 0.294 e. The molecule has 0 atom stereocenters. The van der Waals surface area contributed by atoms with Crippen LogP contribution in [-0.2, 0) is 0 Å². The highest BCUT2D eigenvalue weighted by Gasteiger charge is 2.06. The van der Waals surface area contributed by atoms with Gasteiger partial charge in [0.15, 0.2) is 5.78 Å². The lowest BCUT2D eigenvalue weighted by Crippen LogP contribution is -1.99. The topological polar surface area (TPSA) is 17.1 Å². The van der Waals surface area contributed by atoms with E-state index in [1.165, 1.54) is 0 Å². The molecule has 0 heterocycles. The number of carbonyl (C=O) groups is 1. The molecule has 0 unspecified atom stereocenters. The van der Waals surface area contributed by atoms with Crippen molar-refractivity contribution < 1.29 is 4.79 Å². The maximum absolute atomic E-state index is 11.5. The Morgan fingerprint density at radius 1 is 1.15 bits per heavy atom. The van der Waals surface area contributed by atoms with E-state index >= 15 is 0 Å². The maximum Gasteiger partial charge on any atom is 0.163 e. The number of Topliss-reactive ketones (excluding diaryl/α,β-unsaturated/α-hetero) is 1. The summed E-state index contributed by atoms with van der Waals surface area (Å²) in [4.78, 5) is 11.5. The summed E-state index contributed by atoms with van der Waals surface area (Å²) in [6.45, 7) is 0. The summed E-state index contributed by atoms with van der Waals surface area (Å²) in [5, 5.41) is 0.704. The minimum atomic E-state index is 0.152. The molecule has 1 nitrogen and oxygen atoms in total. The summed E-state index contributed by atoms with van der Waals surface area (Å²) in [6.07, 6.45) is 0.531. The lowest BCUT2D eigenvalue weighted by Gasteiger charge is -2.00. The molecule has 0 aromatic heterocycles. The van der Waals surface area contributed by atoms with Crippen molar-refractivity contribution in [2.24, 2.45) is 0 Å². The SMILES string of the molecule is O=C(CCBr)c1cc(Br)cc(Br)c1. The minimum absolute atomic E-state index is 0.152. The van der Waals surface area contributed by atoms with E-state index in [9.17, 15) is 4.79 Å². The molecule has 0 saturated carbocycles. The van der Waals surface area contributed by atoms with Crippen molar-refractivity contribution in [3.05, 3.63) is 32.7 Å². The molecule has 0 spiro atoms. The van der Waals surface area contributed by atoms with Gasteiger partial charge in [-0.05, 0) is 18.2 Å². The fourth-order valence-corrected chi connectivity index (χ4v) is 2.60. The monoisotopic (exact) mass is 368 g/mol. The zero-order chi connectivity index (χ0) is 9.84. The van der Waals surface area contributed by atoms with E-state index < -0.39 is 0 Å². The Hall–Kier alpha value is 0.330. The molecule has 0 aliphatic carbocycles. The first-order chi connectivity index (χ1) is 6.13. The van der Waals surface area contributed by atoms with Crippen molar-refractivity contribution in [3.8, 4) is 0 Å². The van der Waals surface area contributed by atoms with Crippen LogP contribution in [0, 0.1) is 0 Å². The second kappa shape index (κ2) is 5.27. The van der Waals surface area contributed by atoms with Gasteiger partial charge in [-0.1, -0.05) is 47.8 Å². The standard InChI is InChI=1S/C9H7Br3O/c10-2-1-9(13)6-3-7(11)5-8(12)4-6/h3-5H,1-2H2. The van der Waals surface area contributed by atoms with Crippen LogP contribution in [-0.4, -0.2) is 11.1 Å². The van der Waals surface area contributed by atoms with Crippen molar-refractivity contribution >= 4 is 53.6 Å². The van der Waals surface area contributed by atoms with Crippen LogP contribution in [0.3, 0.4) is 0 Å². The Labute approximate surface area is 102 Å². The molecule has 1 aromatic carbocycles. The van der Waals surface area contributed by atoms with Crippen molar-refractivity contribution in [2.75, 3.05) is 5.33 Å². The molecule has 0 bridgehead atoms. The van der Waals surface area contributed by atoms with Gasteiger partial charge < -0.3 is 0 Å². The van der Waals surface area contributed by atoms with Gasteiger partial charge in [0.1, 0.15) is 0 Å². The third-order valence-corrected chi connectivity index (χ3v) is 2.82. The Bertz CT molecular complexity index is 302. The zero-order valence-electron chi connectivity index (χ0n) is 6.69. The normalized spacial score (nSPS) is 10.1. The first-order valence-corrected chi connectivity index (χ1v) is 6.39. The molecule has 0 saturated heterocycles. The van der Waals surface area contributed by atoms with E-state index in [2.05, 4.69) is 47.8 Å². The lowest BCUT2D eigenvalue weighted by atomic mass is 10.1. The molecule has 1 aromatic rings. The molecule has 0 aliphatic heterocycles. The van der Waals surface area contributed by atoms with Gasteiger partial charge in [0.05, 0.1) is 0 Å². The van der Waals surface area contributed by atoms with Crippen molar-refractivity contribution in [2.45, 2.75) is 6.42 Å². The van der Waals surface area contributed by atoms with Gasteiger partial charge in [-0.2, -0.15) is 0 Å². The Morgan fingerprint density at radius 2 is 1.69 bits per heavy atom. The van der Waals surface area contributed by atoms with Crippen LogP contribution in [0.15, 0.2) is 27.1 Å². The van der Waals surface area contributed by atoms with Crippen LogP contribution < -0.4 is 0 Å². The lowest BCUT2D eigenvalue weighted by molar-refractivity contribution is 0.0990. The molecule has 1 rings (SSSR count). The molecule has 13 heavy (non-hydrogen) atoms. The molecule has 0 radical (unpaired) electrons. The predicted molar refractivity (Wildman–Crippen MR) is 64.6 cm³/mol. The molecular formula is C9H7Br3O. The number of hydrogen-bond donors (Lipinski definition) is 0. The number of rotatable bonds is 3. The van der Waals surface area contributed by atoms with Gasteiger partial charge in [0, 0.05) is 26.3 Å². The van der Waals surface area contributed by atoms with Gasteiger partial charge >= 0.3 is 0 Å². The summed E-state index contributed by atoms with van der Waals surface area (Å²) < 4.78 is 1.83. The Kier molecular flexibility index (Phi) is 4.62. The predicted octanol–water partition coefficient (Wildman–Crippen LogP) is 4.18. The van der Waals surface area contributed by atoms with Crippen LogP contribution in [0.2, 0.25) is 0 Å². The van der Waals surface area contributed by atoms with Crippen molar-refractivity contribution in [3.63, 3.8) is 0 Å². The van der Waals surface area contributed by atoms with Gasteiger partial charge in [-0.25, -0.2) is 0 Å². The first-order valence-electron chi connectivity index (χ1n) is 3.68. The summed E-state index contributed by atoms with van der Waals surface area (Å²) in [7, 11) is 0. The third kappa shape index (κ3) is 3.52. The fraction of sp³-hybridized carbons (Fsp3) is 0.222. The zero-order valence-corrected chi connectivity index (χ0v) is 11.4. The molecule has 0 fully saturated rings. The maximum atomic E-state index is 11.5. The number of ketones is 1. The van der Waals surface area contributed by atoms with E-state index in [1.807, 2.05) is 18.2 Å². The van der Waals surface area contributed by atoms with Gasteiger partial charge in [-0.3, -0.25) is 4.79 Å². The number of hydrogen-bond acceptors (Lipinski definition) is 1. The van der Waals surface area contributed by atoms with Gasteiger partial charge in [0.25, 0.3) is 0 Å². The van der Waals surface area contributed by atoms with E-state index in [0.29, 0.717) is 11.8 Å². The van der Waals surface area contributed by atoms with E-state index in [-0.39, 0.29) is 5.78 Å². The molecular weight excluding hydrogens is 364 g/mol. The Morgan fingerprint density at radius 3 is 2.15 bits per heavy atom. The summed E-state index contributed by atoms with van der Waals surface area (Å²) in [5.74, 6) is 0.152.